The Hall–Kier alpha value is -1.97. The maximum Gasteiger partial charge on any atom is 0.153 e. The zero-order chi connectivity index (χ0) is 11.7. The lowest BCUT2D eigenvalue weighted by Gasteiger charge is -2.09. The van der Waals surface area contributed by atoms with E-state index in [1.54, 1.807) is 7.11 Å². The van der Waals surface area contributed by atoms with Crippen molar-refractivity contribution in [2.45, 2.75) is 13.8 Å². The zero-order valence-corrected chi connectivity index (χ0v) is 9.66. The van der Waals surface area contributed by atoms with Crippen LogP contribution in [-0.2, 0) is 0 Å². The normalized spacial score (nSPS) is 10.4. The van der Waals surface area contributed by atoms with Gasteiger partial charge in [0.2, 0.25) is 0 Å². The van der Waals surface area contributed by atoms with E-state index < -0.39 is 0 Å². The van der Waals surface area contributed by atoms with E-state index in [1.165, 1.54) is 0 Å². The molecule has 2 rings (SSSR count). The monoisotopic (exact) mass is 217 g/mol. The van der Waals surface area contributed by atoms with E-state index in [4.69, 9.17) is 10.5 Å². The number of anilines is 1. The fourth-order valence-electron chi connectivity index (χ4n) is 1.81. The molecule has 0 radical (unpaired) electrons. The van der Waals surface area contributed by atoms with Gasteiger partial charge in [0.25, 0.3) is 0 Å². The number of H-pyrrole nitrogens is 1. The Morgan fingerprint density at radius 3 is 2.62 bits per heavy atom. The van der Waals surface area contributed by atoms with Gasteiger partial charge in [0, 0.05) is 16.8 Å². The molecule has 0 spiro atoms. The molecular formula is C12H15N3O. The number of methoxy groups -OCH3 is 1. The number of hydrogen-bond acceptors (Lipinski definition) is 3. The first-order chi connectivity index (χ1) is 7.63. The molecule has 1 heterocycles. The van der Waals surface area contributed by atoms with Gasteiger partial charge in [-0.15, -0.1) is 0 Å². The van der Waals surface area contributed by atoms with Gasteiger partial charge in [0.05, 0.1) is 7.11 Å². The van der Waals surface area contributed by atoms with Crippen molar-refractivity contribution >= 4 is 5.82 Å². The summed E-state index contributed by atoms with van der Waals surface area (Å²) in [6.07, 6.45) is 0. The lowest BCUT2D eigenvalue weighted by Crippen LogP contribution is -1.93. The van der Waals surface area contributed by atoms with Gasteiger partial charge in [0.1, 0.15) is 5.75 Å². The highest BCUT2D eigenvalue weighted by Gasteiger charge is 2.14. The number of nitrogens with zero attached hydrogens (tertiary/aromatic N) is 1. The van der Waals surface area contributed by atoms with Crippen molar-refractivity contribution < 1.29 is 4.74 Å². The van der Waals surface area contributed by atoms with Gasteiger partial charge < -0.3 is 10.5 Å². The minimum Gasteiger partial charge on any atom is -0.496 e. The zero-order valence-electron chi connectivity index (χ0n) is 9.66. The summed E-state index contributed by atoms with van der Waals surface area (Å²) >= 11 is 0. The van der Waals surface area contributed by atoms with E-state index in [1.807, 2.05) is 32.0 Å². The van der Waals surface area contributed by atoms with Crippen LogP contribution in [0.5, 0.6) is 5.75 Å². The second kappa shape index (κ2) is 3.89. The van der Waals surface area contributed by atoms with E-state index in [-0.39, 0.29) is 0 Å². The molecule has 0 aliphatic heterocycles. The average Bonchev–Trinajstić information content (AvgIpc) is 2.58. The summed E-state index contributed by atoms with van der Waals surface area (Å²) in [6, 6.07) is 6.00. The van der Waals surface area contributed by atoms with Crippen LogP contribution in [-0.4, -0.2) is 17.3 Å². The van der Waals surface area contributed by atoms with Gasteiger partial charge in [-0.05, 0) is 26.0 Å². The molecule has 16 heavy (non-hydrogen) atoms. The van der Waals surface area contributed by atoms with Crippen LogP contribution < -0.4 is 10.5 Å². The first kappa shape index (κ1) is 10.5. The Morgan fingerprint density at radius 1 is 1.31 bits per heavy atom. The number of nitrogens with two attached hydrogens (primary N) is 1. The lowest BCUT2D eigenvalue weighted by molar-refractivity contribution is 0.416. The van der Waals surface area contributed by atoms with Crippen molar-refractivity contribution in [3.63, 3.8) is 0 Å². The van der Waals surface area contributed by atoms with Crippen LogP contribution in [0.4, 0.5) is 5.82 Å². The quantitative estimate of drug-likeness (QED) is 0.811. The predicted octanol–water partition coefficient (Wildman–Crippen LogP) is 2.28. The number of ether oxygens (including phenoxy) is 1. The largest absolute Gasteiger partial charge is 0.496 e. The van der Waals surface area contributed by atoms with E-state index in [0.717, 1.165) is 28.1 Å². The maximum absolute atomic E-state index is 5.85. The predicted molar refractivity (Wildman–Crippen MR) is 64.5 cm³/mol. The summed E-state index contributed by atoms with van der Waals surface area (Å²) in [4.78, 5) is 0. The summed E-state index contributed by atoms with van der Waals surface area (Å²) in [5, 5.41) is 6.87. The van der Waals surface area contributed by atoms with Crippen LogP contribution in [0, 0.1) is 13.8 Å². The molecule has 0 aliphatic rings. The molecule has 4 nitrogen and oxygen atoms in total. The Labute approximate surface area is 94.4 Å². The van der Waals surface area contributed by atoms with Crippen molar-refractivity contribution in [2.75, 3.05) is 12.8 Å². The molecule has 0 atom stereocenters. The number of rotatable bonds is 2. The molecular weight excluding hydrogens is 202 g/mol. The van der Waals surface area contributed by atoms with Gasteiger partial charge in [-0.3, -0.25) is 5.10 Å². The van der Waals surface area contributed by atoms with E-state index >= 15 is 0 Å². The third-order valence-electron chi connectivity index (χ3n) is 2.60. The van der Waals surface area contributed by atoms with Gasteiger partial charge in [0.15, 0.2) is 5.82 Å². The Morgan fingerprint density at radius 2 is 2.06 bits per heavy atom. The molecule has 1 aromatic carbocycles. The number of aryl methyl sites for hydroxylation is 2. The molecule has 84 valence electrons. The second-order valence-electron chi connectivity index (χ2n) is 3.81. The van der Waals surface area contributed by atoms with Crippen molar-refractivity contribution in [1.82, 2.24) is 10.2 Å². The topological polar surface area (TPSA) is 63.9 Å². The number of nitrogens with one attached hydrogen (secondary N) is 1. The molecule has 1 aromatic heterocycles. The van der Waals surface area contributed by atoms with E-state index in [2.05, 4.69) is 10.2 Å². The summed E-state index contributed by atoms with van der Waals surface area (Å²) < 4.78 is 5.34. The Kier molecular flexibility index (Phi) is 2.56. The SMILES string of the molecule is COc1ccc(C)cc1-c1c(N)n[nH]c1C. The third-order valence-corrected chi connectivity index (χ3v) is 2.60. The Balaban J connectivity index is 2.67. The van der Waals surface area contributed by atoms with Gasteiger partial charge >= 0.3 is 0 Å². The fourth-order valence-corrected chi connectivity index (χ4v) is 1.81. The van der Waals surface area contributed by atoms with E-state index in [0.29, 0.717) is 5.82 Å². The number of aromatic amines is 1. The highest BCUT2D eigenvalue weighted by Crippen LogP contribution is 2.35. The summed E-state index contributed by atoms with van der Waals surface area (Å²) in [5.41, 5.74) is 9.85. The first-order valence-corrected chi connectivity index (χ1v) is 5.09. The number of nitrogen functional groups attached to an aromatic ring is 1. The standard InChI is InChI=1S/C12H15N3O/c1-7-4-5-10(16-3)9(6-7)11-8(2)14-15-12(11)13/h4-6H,1-3H3,(H3,13,14,15). The second-order valence-corrected chi connectivity index (χ2v) is 3.81. The van der Waals surface area contributed by atoms with Crippen molar-refractivity contribution in [2.24, 2.45) is 0 Å². The number of hydrogen-bond donors (Lipinski definition) is 2. The molecule has 0 amide bonds. The molecule has 0 fully saturated rings. The average molecular weight is 217 g/mol. The third kappa shape index (κ3) is 1.62. The minimum absolute atomic E-state index is 0.501. The van der Waals surface area contributed by atoms with Crippen LogP contribution in [0.25, 0.3) is 11.1 Å². The summed E-state index contributed by atoms with van der Waals surface area (Å²) in [6.45, 7) is 3.98. The highest BCUT2D eigenvalue weighted by atomic mass is 16.5. The van der Waals surface area contributed by atoms with Gasteiger partial charge in [-0.2, -0.15) is 5.10 Å². The smallest absolute Gasteiger partial charge is 0.153 e. The lowest BCUT2D eigenvalue weighted by atomic mass is 10.0. The van der Waals surface area contributed by atoms with Crippen molar-refractivity contribution in [3.05, 3.63) is 29.5 Å². The van der Waals surface area contributed by atoms with Gasteiger partial charge in [-0.25, -0.2) is 0 Å². The molecule has 3 N–H and O–H groups in total. The number of aromatic nitrogens is 2. The van der Waals surface area contributed by atoms with Gasteiger partial charge in [-0.1, -0.05) is 11.6 Å². The van der Waals surface area contributed by atoms with Crippen molar-refractivity contribution in [3.8, 4) is 16.9 Å². The van der Waals surface area contributed by atoms with Crippen LogP contribution in [0.3, 0.4) is 0 Å². The molecule has 0 unspecified atom stereocenters. The van der Waals surface area contributed by atoms with E-state index in [9.17, 15) is 0 Å². The molecule has 4 heteroatoms. The molecule has 0 saturated heterocycles. The Bertz CT molecular complexity index is 497. The highest BCUT2D eigenvalue weighted by molar-refractivity contribution is 5.80. The van der Waals surface area contributed by atoms with Crippen LogP contribution >= 0.6 is 0 Å². The molecule has 2 aromatic rings. The minimum atomic E-state index is 0.501. The first-order valence-electron chi connectivity index (χ1n) is 5.09. The maximum atomic E-state index is 5.85. The number of benzene rings is 1. The van der Waals surface area contributed by atoms with Crippen LogP contribution in [0.2, 0.25) is 0 Å². The molecule has 0 bridgehead atoms. The molecule has 0 saturated carbocycles. The molecule has 0 aliphatic carbocycles. The fraction of sp³-hybridized carbons (Fsp3) is 0.250. The summed E-state index contributed by atoms with van der Waals surface area (Å²) in [7, 11) is 1.65. The van der Waals surface area contributed by atoms with Crippen LogP contribution in [0.15, 0.2) is 18.2 Å². The van der Waals surface area contributed by atoms with Crippen LogP contribution in [0.1, 0.15) is 11.3 Å². The summed E-state index contributed by atoms with van der Waals surface area (Å²) in [5.74, 6) is 1.31. The van der Waals surface area contributed by atoms with Crippen molar-refractivity contribution in [1.29, 1.82) is 0 Å².